The summed E-state index contributed by atoms with van der Waals surface area (Å²) < 4.78 is 1.86. The Morgan fingerprint density at radius 2 is 2.05 bits per heavy atom. The molecule has 0 saturated heterocycles. The molecule has 0 radical (unpaired) electrons. The number of fused-ring (bicyclic) bond motifs is 1. The van der Waals surface area contributed by atoms with Crippen molar-refractivity contribution in [1.82, 2.24) is 20.3 Å². The number of aromatic amines is 2. The monoisotopic (exact) mass is 410 g/mol. The number of hydrogen-bond acceptors (Lipinski definition) is 2. The molecule has 1 aromatic carbocycles. The number of aromatic nitrogens is 3. The van der Waals surface area contributed by atoms with Crippen molar-refractivity contribution in [1.29, 1.82) is 0 Å². The predicted octanol–water partition coefficient (Wildman–Crippen LogP) is 3.39. The van der Waals surface area contributed by atoms with Crippen LogP contribution in [0.15, 0.2) is 39.8 Å². The minimum absolute atomic E-state index is 0.0880. The van der Waals surface area contributed by atoms with E-state index < -0.39 is 0 Å². The molecule has 0 bridgehead atoms. The summed E-state index contributed by atoms with van der Waals surface area (Å²) in [5.41, 5.74) is 2.56. The third-order valence-electron chi connectivity index (χ3n) is 3.20. The molecule has 108 valence electrons. The van der Waals surface area contributed by atoms with Gasteiger partial charge in [0.2, 0.25) is 0 Å². The molecule has 5 nitrogen and oxygen atoms in total. The maximum absolute atomic E-state index is 12.3. The number of hydrogen-bond donors (Lipinski definition) is 3. The summed E-state index contributed by atoms with van der Waals surface area (Å²) in [6.07, 6.45) is 5.84. The van der Waals surface area contributed by atoms with Crippen LogP contribution in [0.25, 0.3) is 10.9 Å². The fourth-order valence-electron chi connectivity index (χ4n) is 2.13. The third kappa shape index (κ3) is 3.03. The fraction of sp³-hybridized carbons (Fsp3) is 0.143. The Balaban J connectivity index is 1.74. The van der Waals surface area contributed by atoms with E-state index in [-0.39, 0.29) is 5.91 Å². The summed E-state index contributed by atoms with van der Waals surface area (Å²) in [7, 11) is 0. The van der Waals surface area contributed by atoms with Crippen LogP contribution in [0.4, 0.5) is 0 Å². The van der Waals surface area contributed by atoms with E-state index in [0.717, 1.165) is 32.0 Å². The molecule has 21 heavy (non-hydrogen) atoms. The molecule has 0 unspecified atom stereocenters. The van der Waals surface area contributed by atoms with Gasteiger partial charge in [-0.05, 0) is 44.0 Å². The van der Waals surface area contributed by atoms with E-state index in [2.05, 4.69) is 52.1 Å². The molecule has 0 aliphatic rings. The molecule has 0 fully saturated rings. The Morgan fingerprint density at radius 1 is 1.24 bits per heavy atom. The van der Waals surface area contributed by atoms with Gasteiger partial charge in [0.15, 0.2) is 0 Å². The number of rotatable bonds is 4. The minimum Gasteiger partial charge on any atom is -0.360 e. The molecule has 0 spiro atoms. The first kappa shape index (κ1) is 14.3. The van der Waals surface area contributed by atoms with E-state index in [1.807, 2.05) is 12.1 Å². The number of carbonyl (C=O) groups is 1. The standard InChI is InChI=1S/C14H12Br2N4O/c15-11-3-9-10(6-19-13(9)4-12(11)16)14(21)18-2-1-8-5-17-7-20-8/h3-7,19H,1-2H2,(H,17,20)(H,18,21). The molecule has 7 heteroatoms. The van der Waals surface area contributed by atoms with Gasteiger partial charge in [-0.1, -0.05) is 0 Å². The molecular weight excluding hydrogens is 400 g/mol. The van der Waals surface area contributed by atoms with Crippen molar-refractivity contribution in [2.75, 3.05) is 6.54 Å². The van der Waals surface area contributed by atoms with Gasteiger partial charge in [0.1, 0.15) is 0 Å². The van der Waals surface area contributed by atoms with Crippen LogP contribution < -0.4 is 5.32 Å². The number of halogens is 2. The highest BCUT2D eigenvalue weighted by atomic mass is 79.9. The van der Waals surface area contributed by atoms with Crippen LogP contribution in [0.3, 0.4) is 0 Å². The minimum atomic E-state index is -0.0880. The fourth-order valence-corrected chi connectivity index (χ4v) is 2.82. The number of benzene rings is 1. The maximum Gasteiger partial charge on any atom is 0.253 e. The lowest BCUT2D eigenvalue weighted by Gasteiger charge is -2.04. The number of H-pyrrole nitrogens is 2. The van der Waals surface area contributed by atoms with Gasteiger partial charge in [0.05, 0.1) is 11.9 Å². The second kappa shape index (κ2) is 6.03. The normalized spacial score (nSPS) is 11.0. The highest BCUT2D eigenvalue weighted by Gasteiger charge is 2.13. The first-order valence-corrected chi connectivity index (χ1v) is 7.95. The van der Waals surface area contributed by atoms with E-state index in [9.17, 15) is 4.79 Å². The lowest BCUT2D eigenvalue weighted by Crippen LogP contribution is -2.25. The van der Waals surface area contributed by atoms with E-state index in [1.54, 1.807) is 18.7 Å². The summed E-state index contributed by atoms with van der Waals surface area (Å²) in [6.45, 7) is 0.561. The number of nitrogens with zero attached hydrogens (tertiary/aromatic N) is 1. The number of amides is 1. The molecule has 2 heterocycles. The molecule has 0 atom stereocenters. The van der Waals surface area contributed by atoms with Crippen LogP contribution in [0.2, 0.25) is 0 Å². The van der Waals surface area contributed by atoms with Crippen molar-refractivity contribution in [2.45, 2.75) is 6.42 Å². The molecule has 0 aliphatic carbocycles. The second-order valence-electron chi connectivity index (χ2n) is 4.60. The van der Waals surface area contributed by atoms with Crippen LogP contribution in [0, 0.1) is 0 Å². The van der Waals surface area contributed by atoms with Crippen molar-refractivity contribution < 1.29 is 4.79 Å². The number of nitrogens with one attached hydrogen (secondary N) is 3. The first-order chi connectivity index (χ1) is 10.1. The lowest BCUT2D eigenvalue weighted by atomic mass is 10.1. The van der Waals surface area contributed by atoms with Gasteiger partial charge >= 0.3 is 0 Å². The van der Waals surface area contributed by atoms with Crippen LogP contribution in [0.5, 0.6) is 0 Å². The van der Waals surface area contributed by atoms with Crippen molar-refractivity contribution in [2.24, 2.45) is 0 Å². The summed E-state index contributed by atoms with van der Waals surface area (Å²) in [5, 5.41) is 3.81. The van der Waals surface area contributed by atoms with Gasteiger partial charge in [0, 0.05) is 50.9 Å². The van der Waals surface area contributed by atoms with Crippen LogP contribution in [-0.2, 0) is 6.42 Å². The second-order valence-corrected chi connectivity index (χ2v) is 6.31. The van der Waals surface area contributed by atoms with Gasteiger partial charge in [-0.15, -0.1) is 0 Å². The zero-order valence-electron chi connectivity index (χ0n) is 10.9. The molecule has 0 saturated carbocycles. The average molecular weight is 412 g/mol. The Kier molecular flexibility index (Phi) is 4.12. The first-order valence-electron chi connectivity index (χ1n) is 6.36. The van der Waals surface area contributed by atoms with Crippen molar-refractivity contribution >= 4 is 48.7 Å². The Hall–Kier alpha value is -1.60. The topological polar surface area (TPSA) is 73.6 Å². The third-order valence-corrected chi connectivity index (χ3v) is 5.05. The molecule has 1 amide bonds. The quantitative estimate of drug-likeness (QED) is 0.615. The van der Waals surface area contributed by atoms with Gasteiger partial charge in [-0.2, -0.15) is 0 Å². The zero-order valence-corrected chi connectivity index (χ0v) is 14.1. The number of carbonyl (C=O) groups excluding carboxylic acids is 1. The largest absolute Gasteiger partial charge is 0.360 e. The van der Waals surface area contributed by atoms with E-state index >= 15 is 0 Å². The van der Waals surface area contributed by atoms with Gasteiger partial charge in [0.25, 0.3) is 5.91 Å². The molecular formula is C14H12Br2N4O. The molecule has 3 N–H and O–H groups in total. The average Bonchev–Trinajstić information content (AvgIpc) is 3.09. The van der Waals surface area contributed by atoms with Gasteiger partial charge in [-0.3, -0.25) is 4.79 Å². The summed E-state index contributed by atoms with van der Waals surface area (Å²) in [4.78, 5) is 22.3. The van der Waals surface area contributed by atoms with E-state index in [4.69, 9.17) is 0 Å². The molecule has 0 aliphatic heterocycles. The van der Waals surface area contributed by atoms with Gasteiger partial charge in [-0.25, -0.2) is 4.98 Å². The zero-order chi connectivity index (χ0) is 14.8. The Morgan fingerprint density at radius 3 is 2.81 bits per heavy atom. The lowest BCUT2D eigenvalue weighted by molar-refractivity contribution is 0.0956. The van der Waals surface area contributed by atoms with E-state index in [1.165, 1.54) is 0 Å². The summed E-state index contributed by atoms with van der Waals surface area (Å²) in [5.74, 6) is -0.0880. The van der Waals surface area contributed by atoms with Gasteiger partial charge < -0.3 is 15.3 Å². The SMILES string of the molecule is O=C(NCCc1cnc[nH]1)c1c[nH]c2cc(Br)c(Br)cc12. The van der Waals surface area contributed by atoms with Crippen LogP contribution in [0.1, 0.15) is 16.1 Å². The maximum atomic E-state index is 12.3. The predicted molar refractivity (Wildman–Crippen MR) is 88.3 cm³/mol. The van der Waals surface area contributed by atoms with Crippen molar-refractivity contribution in [3.8, 4) is 0 Å². The van der Waals surface area contributed by atoms with E-state index in [0.29, 0.717) is 12.1 Å². The van der Waals surface area contributed by atoms with Crippen LogP contribution in [-0.4, -0.2) is 27.4 Å². The van der Waals surface area contributed by atoms with Crippen LogP contribution >= 0.6 is 31.9 Å². The van der Waals surface area contributed by atoms with Crippen molar-refractivity contribution in [3.05, 3.63) is 51.1 Å². The molecule has 3 aromatic rings. The molecule has 2 aromatic heterocycles. The summed E-state index contributed by atoms with van der Waals surface area (Å²) in [6, 6.07) is 3.88. The number of imidazole rings is 1. The highest BCUT2D eigenvalue weighted by molar-refractivity contribution is 9.13. The smallest absolute Gasteiger partial charge is 0.253 e. The van der Waals surface area contributed by atoms with Crippen molar-refractivity contribution in [3.63, 3.8) is 0 Å². The summed E-state index contributed by atoms with van der Waals surface area (Å²) >= 11 is 6.91. The highest BCUT2D eigenvalue weighted by Crippen LogP contribution is 2.29. The molecule has 3 rings (SSSR count). The Bertz CT molecular complexity index is 780. The Labute approximate surface area is 137 Å².